The molecule has 0 aliphatic carbocycles. The Bertz CT molecular complexity index is 1460. The normalized spacial score (nSPS) is 11.2. The molecule has 35 heavy (non-hydrogen) atoms. The highest BCUT2D eigenvalue weighted by Crippen LogP contribution is 2.26. The molecule has 1 amide bonds. The molecule has 1 aromatic heterocycles. The van der Waals surface area contributed by atoms with E-state index in [0.29, 0.717) is 11.3 Å². The van der Waals surface area contributed by atoms with Gasteiger partial charge < -0.3 is 10.1 Å². The van der Waals surface area contributed by atoms with Gasteiger partial charge in [0.1, 0.15) is 5.75 Å². The van der Waals surface area contributed by atoms with E-state index >= 15 is 0 Å². The van der Waals surface area contributed by atoms with Crippen molar-refractivity contribution in [3.63, 3.8) is 0 Å². The van der Waals surface area contributed by atoms with Gasteiger partial charge in [-0.25, -0.2) is 12.8 Å². The van der Waals surface area contributed by atoms with Gasteiger partial charge in [0.2, 0.25) is 5.91 Å². The molecular formula is C26H20FN3O4S. The summed E-state index contributed by atoms with van der Waals surface area (Å²) in [5.41, 5.74) is 0.920. The summed E-state index contributed by atoms with van der Waals surface area (Å²) < 4.78 is 47.6. The summed E-state index contributed by atoms with van der Waals surface area (Å²) in [5, 5.41) is 2.64. The average Bonchev–Trinajstić information content (AvgIpc) is 2.86. The molecular weight excluding hydrogens is 469 g/mol. The van der Waals surface area contributed by atoms with Crippen LogP contribution in [0.3, 0.4) is 0 Å². The molecule has 0 saturated carbocycles. The Balaban J connectivity index is 1.44. The molecule has 1 heterocycles. The molecule has 3 aromatic carbocycles. The molecule has 0 spiro atoms. The van der Waals surface area contributed by atoms with Gasteiger partial charge in [-0.3, -0.25) is 14.5 Å². The van der Waals surface area contributed by atoms with Crippen molar-refractivity contribution in [3.8, 4) is 11.5 Å². The molecule has 176 valence electrons. The van der Waals surface area contributed by atoms with E-state index in [0.717, 1.165) is 0 Å². The number of para-hydroxylation sites is 2. The highest BCUT2D eigenvalue weighted by Gasteiger charge is 2.16. The number of amides is 1. The van der Waals surface area contributed by atoms with E-state index in [9.17, 15) is 17.6 Å². The fourth-order valence-corrected chi connectivity index (χ4v) is 4.17. The molecule has 0 aliphatic rings. The largest absolute Gasteiger partial charge is 0.453 e. The maximum atomic E-state index is 14.4. The third-order valence-corrected chi connectivity index (χ3v) is 6.11. The number of rotatable bonds is 8. The summed E-state index contributed by atoms with van der Waals surface area (Å²) in [4.78, 5) is 16.5. The molecule has 0 bridgehead atoms. The van der Waals surface area contributed by atoms with E-state index in [-0.39, 0.29) is 22.0 Å². The molecule has 0 aliphatic heterocycles. The fourth-order valence-electron chi connectivity index (χ4n) is 3.07. The summed E-state index contributed by atoms with van der Waals surface area (Å²) >= 11 is 0. The highest BCUT2D eigenvalue weighted by molar-refractivity contribution is 7.92. The summed E-state index contributed by atoms with van der Waals surface area (Å²) in [7, 11) is -3.84. The quantitative estimate of drug-likeness (QED) is 0.320. The van der Waals surface area contributed by atoms with Crippen LogP contribution in [0.4, 0.5) is 15.8 Å². The molecule has 0 fully saturated rings. The van der Waals surface area contributed by atoms with Gasteiger partial charge in [0.15, 0.2) is 11.6 Å². The van der Waals surface area contributed by atoms with Crippen molar-refractivity contribution >= 4 is 33.4 Å². The first kappa shape index (κ1) is 23.7. The van der Waals surface area contributed by atoms with Crippen LogP contribution in [0, 0.1) is 5.82 Å². The molecule has 0 saturated heterocycles. The minimum atomic E-state index is -3.84. The number of ether oxygens (including phenoxy) is 1. The minimum absolute atomic E-state index is 0.0271. The number of hydrogen-bond acceptors (Lipinski definition) is 5. The maximum absolute atomic E-state index is 14.4. The molecule has 4 rings (SSSR count). The van der Waals surface area contributed by atoms with Gasteiger partial charge in [-0.2, -0.15) is 0 Å². The summed E-state index contributed by atoms with van der Waals surface area (Å²) in [6.07, 6.45) is 5.70. The number of nitrogens with one attached hydrogen (secondary N) is 2. The topological polar surface area (TPSA) is 97.4 Å². The summed E-state index contributed by atoms with van der Waals surface area (Å²) in [6, 6.07) is 21.9. The van der Waals surface area contributed by atoms with Crippen LogP contribution in [0.2, 0.25) is 0 Å². The van der Waals surface area contributed by atoms with Crippen LogP contribution in [0.15, 0.2) is 108 Å². The number of halogens is 1. The van der Waals surface area contributed by atoms with Gasteiger partial charge in [0.05, 0.1) is 22.5 Å². The Labute approximate surface area is 202 Å². The zero-order valence-electron chi connectivity index (χ0n) is 18.3. The zero-order chi connectivity index (χ0) is 24.7. The highest BCUT2D eigenvalue weighted by atomic mass is 32.2. The minimum Gasteiger partial charge on any atom is -0.453 e. The number of benzene rings is 3. The number of sulfonamides is 1. The van der Waals surface area contributed by atoms with E-state index in [4.69, 9.17) is 4.74 Å². The predicted octanol–water partition coefficient (Wildman–Crippen LogP) is 5.47. The van der Waals surface area contributed by atoms with E-state index in [1.807, 2.05) is 0 Å². The molecule has 7 nitrogen and oxygen atoms in total. The van der Waals surface area contributed by atoms with Crippen LogP contribution in [-0.2, 0) is 14.8 Å². The first-order chi connectivity index (χ1) is 16.9. The molecule has 0 unspecified atom stereocenters. The third kappa shape index (κ3) is 6.30. The van der Waals surface area contributed by atoms with Crippen molar-refractivity contribution < 1.29 is 22.3 Å². The molecule has 2 N–H and O–H groups in total. The summed E-state index contributed by atoms with van der Waals surface area (Å²) in [5.74, 6) is -0.695. The summed E-state index contributed by atoms with van der Waals surface area (Å²) in [6.45, 7) is 0. The number of aromatic nitrogens is 1. The number of carbonyl (C=O) groups excluding carboxylic acids is 1. The monoisotopic (exact) mass is 489 g/mol. The number of carbonyl (C=O) groups is 1. The maximum Gasteiger partial charge on any atom is 0.261 e. The van der Waals surface area contributed by atoms with Gasteiger partial charge in [-0.05, 0) is 60.2 Å². The zero-order valence-corrected chi connectivity index (χ0v) is 19.1. The Morgan fingerprint density at radius 1 is 0.914 bits per heavy atom. The van der Waals surface area contributed by atoms with Gasteiger partial charge >= 0.3 is 0 Å². The standard InChI is InChI=1S/C26H20FN3O4S/c27-22-17-19(12-14-25(22)34-20-7-6-16-28-18-20)13-15-26(31)29-23-10-4-5-11-24(23)30-35(32,33)21-8-2-1-3-9-21/h1-18,30H,(H,29,31)/b15-13+. The predicted molar refractivity (Wildman–Crippen MR) is 132 cm³/mol. The molecule has 9 heteroatoms. The lowest BCUT2D eigenvalue weighted by Crippen LogP contribution is -2.16. The van der Waals surface area contributed by atoms with Gasteiger partial charge in [0.25, 0.3) is 10.0 Å². The lowest BCUT2D eigenvalue weighted by atomic mass is 10.2. The number of nitrogens with zero attached hydrogens (tertiary/aromatic N) is 1. The third-order valence-electron chi connectivity index (χ3n) is 4.73. The van der Waals surface area contributed by atoms with Crippen LogP contribution in [0.1, 0.15) is 5.56 Å². The van der Waals surface area contributed by atoms with Crippen LogP contribution in [-0.4, -0.2) is 19.3 Å². The van der Waals surface area contributed by atoms with E-state index in [1.165, 1.54) is 48.7 Å². The lowest BCUT2D eigenvalue weighted by Gasteiger charge is -2.12. The van der Waals surface area contributed by atoms with Gasteiger partial charge in [-0.1, -0.05) is 36.4 Å². The van der Waals surface area contributed by atoms with E-state index < -0.39 is 21.7 Å². The first-order valence-electron chi connectivity index (χ1n) is 10.4. The van der Waals surface area contributed by atoms with E-state index in [2.05, 4.69) is 15.0 Å². The Hall–Kier alpha value is -4.50. The van der Waals surface area contributed by atoms with Crippen molar-refractivity contribution in [2.24, 2.45) is 0 Å². The van der Waals surface area contributed by atoms with Gasteiger partial charge in [-0.15, -0.1) is 0 Å². The van der Waals surface area contributed by atoms with Crippen molar-refractivity contribution in [3.05, 3.63) is 115 Å². The molecule has 0 atom stereocenters. The van der Waals surface area contributed by atoms with Crippen molar-refractivity contribution in [1.82, 2.24) is 4.98 Å². The average molecular weight is 490 g/mol. The Morgan fingerprint density at radius 3 is 2.37 bits per heavy atom. The van der Waals surface area contributed by atoms with Gasteiger partial charge in [0, 0.05) is 12.3 Å². The SMILES string of the molecule is O=C(/C=C/c1ccc(Oc2cccnc2)c(F)c1)Nc1ccccc1NS(=O)(=O)c1ccccc1. The van der Waals surface area contributed by atoms with Crippen LogP contribution >= 0.6 is 0 Å². The number of hydrogen-bond donors (Lipinski definition) is 2. The molecule has 0 radical (unpaired) electrons. The number of pyridine rings is 1. The fraction of sp³-hybridized carbons (Fsp3) is 0. The van der Waals surface area contributed by atoms with Crippen LogP contribution in [0.25, 0.3) is 6.08 Å². The van der Waals surface area contributed by atoms with Crippen molar-refractivity contribution in [2.75, 3.05) is 10.0 Å². The van der Waals surface area contributed by atoms with Crippen molar-refractivity contribution in [2.45, 2.75) is 4.90 Å². The van der Waals surface area contributed by atoms with Crippen LogP contribution in [0.5, 0.6) is 11.5 Å². The number of anilines is 2. The second-order valence-corrected chi connectivity index (χ2v) is 8.95. The molecule has 4 aromatic rings. The smallest absolute Gasteiger partial charge is 0.261 e. The Morgan fingerprint density at radius 2 is 1.66 bits per heavy atom. The lowest BCUT2D eigenvalue weighted by molar-refractivity contribution is -0.111. The second-order valence-electron chi connectivity index (χ2n) is 7.27. The first-order valence-corrected chi connectivity index (χ1v) is 11.9. The van der Waals surface area contributed by atoms with Crippen molar-refractivity contribution in [1.29, 1.82) is 0 Å². The second kappa shape index (κ2) is 10.6. The van der Waals surface area contributed by atoms with E-state index in [1.54, 1.807) is 60.8 Å². The Kier molecular flexibility index (Phi) is 7.18. The van der Waals surface area contributed by atoms with Crippen LogP contribution < -0.4 is 14.8 Å².